The highest BCUT2D eigenvalue weighted by molar-refractivity contribution is 5.84. The van der Waals surface area contributed by atoms with Crippen molar-refractivity contribution < 1.29 is 33.7 Å². The highest BCUT2D eigenvalue weighted by Crippen LogP contribution is 2.48. The van der Waals surface area contributed by atoms with Crippen LogP contribution in [-0.4, -0.2) is 41.3 Å². The second-order valence-electron chi connectivity index (χ2n) is 5.03. The van der Waals surface area contributed by atoms with Crippen molar-refractivity contribution in [2.45, 2.75) is 31.0 Å². The van der Waals surface area contributed by atoms with Gasteiger partial charge >= 0.3 is 17.9 Å². The van der Waals surface area contributed by atoms with Crippen LogP contribution in [0.4, 0.5) is 0 Å². The number of fused-ring (bicyclic) bond motifs is 2. The zero-order valence-electron chi connectivity index (χ0n) is 11.4. The van der Waals surface area contributed by atoms with Crippen LogP contribution in [-0.2, 0) is 28.6 Å². The Morgan fingerprint density at radius 3 is 2.76 bits per heavy atom. The van der Waals surface area contributed by atoms with Crippen molar-refractivity contribution in [1.29, 1.82) is 0 Å². The summed E-state index contributed by atoms with van der Waals surface area (Å²) < 4.78 is 15.1. The van der Waals surface area contributed by atoms with E-state index in [4.69, 9.17) is 9.47 Å². The van der Waals surface area contributed by atoms with E-state index in [0.717, 1.165) is 6.08 Å². The Labute approximate surface area is 121 Å². The van der Waals surface area contributed by atoms with Gasteiger partial charge in [-0.15, -0.1) is 0 Å². The van der Waals surface area contributed by atoms with Gasteiger partial charge in [-0.25, -0.2) is 14.4 Å². The summed E-state index contributed by atoms with van der Waals surface area (Å²) in [5.74, 6) is -2.39. The van der Waals surface area contributed by atoms with Gasteiger partial charge in [-0.2, -0.15) is 0 Å². The number of ether oxygens (including phenoxy) is 3. The summed E-state index contributed by atoms with van der Waals surface area (Å²) in [6, 6.07) is 0. The average molecular weight is 296 g/mol. The number of carbonyl (C=O) groups is 3. The fraction of sp³-hybridized carbons (Fsp3) is 0.500. The molecule has 1 aliphatic carbocycles. The summed E-state index contributed by atoms with van der Waals surface area (Å²) in [4.78, 5) is 34.0. The Kier molecular flexibility index (Phi) is 4.02. The first-order valence-corrected chi connectivity index (χ1v) is 6.49. The van der Waals surface area contributed by atoms with Crippen LogP contribution in [0.15, 0.2) is 25.0 Å². The van der Waals surface area contributed by atoms with Gasteiger partial charge in [0.1, 0.15) is 0 Å². The smallest absolute Gasteiger partial charge is 0.352 e. The van der Waals surface area contributed by atoms with E-state index in [9.17, 15) is 19.5 Å². The van der Waals surface area contributed by atoms with E-state index >= 15 is 0 Å². The minimum Gasteiger partial charge on any atom is -0.478 e. The van der Waals surface area contributed by atoms with E-state index in [1.54, 1.807) is 0 Å². The van der Waals surface area contributed by atoms with Gasteiger partial charge < -0.3 is 19.3 Å². The first kappa shape index (κ1) is 15.1. The van der Waals surface area contributed by atoms with Crippen molar-refractivity contribution in [2.24, 2.45) is 5.92 Å². The summed E-state index contributed by atoms with van der Waals surface area (Å²) in [5, 5.41) is 9.42. The van der Waals surface area contributed by atoms with Gasteiger partial charge in [0.25, 0.3) is 0 Å². The molecule has 0 aromatic carbocycles. The Hall–Kier alpha value is -2.31. The number of hydrogen-bond donors (Lipinski definition) is 1. The SMILES string of the molecule is C=CC(=O)OCC(=O)OC1CCC2CC1(C(=O)O)OC2=C. The molecule has 0 aromatic heterocycles. The summed E-state index contributed by atoms with van der Waals surface area (Å²) in [5.41, 5.74) is -1.59. The largest absolute Gasteiger partial charge is 0.478 e. The zero-order chi connectivity index (χ0) is 15.6. The number of carboxylic acid groups (broad SMARTS) is 1. The molecule has 0 amide bonds. The number of carboxylic acids is 1. The Balaban J connectivity index is 2.03. The second-order valence-corrected chi connectivity index (χ2v) is 5.03. The Morgan fingerprint density at radius 2 is 2.14 bits per heavy atom. The summed E-state index contributed by atoms with van der Waals surface area (Å²) >= 11 is 0. The third-order valence-corrected chi connectivity index (χ3v) is 3.75. The molecule has 3 unspecified atom stereocenters. The third-order valence-electron chi connectivity index (χ3n) is 3.75. The first-order chi connectivity index (χ1) is 9.89. The predicted octanol–water partition coefficient (Wildman–Crippen LogP) is 0.795. The highest BCUT2D eigenvalue weighted by Gasteiger charge is 2.60. The lowest BCUT2D eigenvalue weighted by atomic mass is 9.78. The predicted molar refractivity (Wildman–Crippen MR) is 69.0 cm³/mol. The van der Waals surface area contributed by atoms with Crippen LogP contribution < -0.4 is 0 Å². The minimum atomic E-state index is -1.59. The molecule has 114 valence electrons. The van der Waals surface area contributed by atoms with Crippen molar-refractivity contribution in [1.82, 2.24) is 0 Å². The molecule has 1 N–H and O–H groups in total. The van der Waals surface area contributed by atoms with E-state index in [-0.39, 0.29) is 12.3 Å². The van der Waals surface area contributed by atoms with Crippen LogP contribution in [0.2, 0.25) is 0 Å². The summed E-state index contributed by atoms with van der Waals surface area (Å²) in [6.45, 7) is 6.30. The minimum absolute atomic E-state index is 0.0327. The van der Waals surface area contributed by atoms with Crippen LogP contribution in [0.3, 0.4) is 0 Å². The average Bonchev–Trinajstić information content (AvgIpc) is 2.73. The van der Waals surface area contributed by atoms with Gasteiger partial charge in [-0.05, 0) is 12.8 Å². The highest BCUT2D eigenvalue weighted by atomic mass is 16.6. The quantitative estimate of drug-likeness (QED) is 0.591. The van der Waals surface area contributed by atoms with E-state index < -0.39 is 36.2 Å². The molecule has 0 aromatic rings. The molecule has 2 bridgehead atoms. The van der Waals surface area contributed by atoms with E-state index in [1.165, 1.54) is 0 Å². The third kappa shape index (κ3) is 2.76. The van der Waals surface area contributed by atoms with Gasteiger partial charge in [0.05, 0.1) is 5.76 Å². The molecule has 1 aliphatic heterocycles. The maximum Gasteiger partial charge on any atom is 0.352 e. The molecule has 7 heteroatoms. The zero-order valence-corrected chi connectivity index (χ0v) is 11.4. The maximum atomic E-state index is 11.6. The van der Waals surface area contributed by atoms with Crippen LogP contribution in [0.25, 0.3) is 0 Å². The number of esters is 2. The van der Waals surface area contributed by atoms with Gasteiger partial charge in [-0.3, -0.25) is 0 Å². The van der Waals surface area contributed by atoms with Gasteiger partial charge in [0.15, 0.2) is 12.7 Å². The van der Waals surface area contributed by atoms with Gasteiger partial charge in [-0.1, -0.05) is 13.2 Å². The van der Waals surface area contributed by atoms with Crippen molar-refractivity contribution in [2.75, 3.05) is 6.61 Å². The fourth-order valence-corrected chi connectivity index (χ4v) is 2.69. The normalized spacial score (nSPS) is 30.2. The number of carbonyl (C=O) groups excluding carboxylic acids is 2. The van der Waals surface area contributed by atoms with Crippen molar-refractivity contribution in [3.05, 3.63) is 25.0 Å². The molecule has 2 rings (SSSR count). The maximum absolute atomic E-state index is 11.6. The molecular formula is C14H16O7. The first-order valence-electron chi connectivity index (χ1n) is 6.49. The molecule has 1 saturated heterocycles. The molecule has 1 saturated carbocycles. The van der Waals surface area contributed by atoms with Crippen molar-refractivity contribution in [3.63, 3.8) is 0 Å². The lowest BCUT2D eigenvalue weighted by Gasteiger charge is -2.34. The second kappa shape index (κ2) is 5.59. The van der Waals surface area contributed by atoms with Crippen LogP contribution in [0, 0.1) is 5.92 Å². The van der Waals surface area contributed by atoms with E-state index in [2.05, 4.69) is 17.9 Å². The molecule has 1 heterocycles. The lowest BCUT2D eigenvalue weighted by molar-refractivity contribution is -0.187. The van der Waals surface area contributed by atoms with Crippen molar-refractivity contribution in [3.8, 4) is 0 Å². The topological polar surface area (TPSA) is 99.1 Å². The molecule has 2 aliphatic rings. The Morgan fingerprint density at radius 1 is 1.43 bits per heavy atom. The van der Waals surface area contributed by atoms with Crippen LogP contribution in [0.5, 0.6) is 0 Å². The molecule has 0 radical (unpaired) electrons. The van der Waals surface area contributed by atoms with E-state index in [1.807, 2.05) is 0 Å². The number of hydrogen-bond acceptors (Lipinski definition) is 6. The monoisotopic (exact) mass is 296 g/mol. The fourth-order valence-electron chi connectivity index (χ4n) is 2.69. The molecular weight excluding hydrogens is 280 g/mol. The number of allylic oxidation sites excluding steroid dienone is 1. The Bertz CT molecular complexity index is 509. The van der Waals surface area contributed by atoms with Crippen LogP contribution >= 0.6 is 0 Å². The van der Waals surface area contributed by atoms with Gasteiger partial charge in [0.2, 0.25) is 5.60 Å². The standard InChI is InChI=1S/C14H16O7/c1-3-11(15)19-7-12(16)20-10-5-4-9-6-14(10,13(17)18)21-8(9)2/h3,9-10H,1-2,4-7H2,(H,17,18). The molecule has 2 fully saturated rings. The molecule has 21 heavy (non-hydrogen) atoms. The summed E-state index contributed by atoms with van der Waals surface area (Å²) in [6.07, 6.45) is 1.21. The van der Waals surface area contributed by atoms with Crippen molar-refractivity contribution >= 4 is 17.9 Å². The lowest BCUT2D eigenvalue weighted by Crippen LogP contribution is -2.52. The number of rotatable bonds is 5. The molecule has 7 nitrogen and oxygen atoms in total. The van der Waals surface area contributed by atoms with Crippen LogP contribution in [0.1, 0.15) is 19.3 Å². The molecule has 3 atom stereocenters. The van der Waals surface area contributed by atoms with Gasteiger partial charge in [0, 0.05) is 18.4 Å². The molecule has 0 spiro atoms. The number of aliphatic carboxylic acids is 1. The summed E-state index contributed by atoms with van der Waals surface area (Å²) in [7, 11) is 0. The van der Waals surface area contributed by atoms with E-state index in [0.29, 0.717) is 18.6 Å².